The predicted octanol–water partition coefficient (Wildman–Crippen LogP) is 0.366. The number of nitrogens with one attached hydrogen (secondary N) is 1. The summed E-state index contributed by atoms with van der Waals surface area (Å²) in [5, 5.41) is 2.69. The summed E-state index contributed by atoms with van der Waals surface area (Å²) in [5.41, 5.74) is 0.784. The number of imide groups is 1. The molecule has 7 nitrogen and oxygen atoms in total. The van der Waals surface area contributed by atoms with Crippen LogP contribution in [0, 0.1) is 0 Å². The third-order valence-corrected chi connectivity index (χ3v) is 6.03. The molecule has 128 valence electrons. The van der Waals surface area contributed by atoms with E-state index in [2.05, 4.69) is 5.32 Å². The first-order valence-electron chi connectivity index (χ1n) is 7.82. The Morgan fingerprint density at radius 1 is 1.17 bits per heavy atom. The predicted molar refractivity (Wildman–Crippen MR) is 86.2 cm³/mol. The maximum Gasteiger partial charge on any atom is 0.261 e. The molecule has 1 fully saturated rings. The van der Waals surface area contributed by atoms with Gasteiger partial charge in [0.1, 0.15) is 0 Å². The number of carbonyl (C=O) groups excluding carboxylic acids is 3. The molecule has 3 rings (SSSR count). The number of benzene rings is 1. The second-order valence-corrected chi connectivity index (χ2v) is 8.31. The average Bonchev–Trinajstić information content (AvgIpc) is 2.99. The second kappa shape index (κ2) is 6.35. The summed E-state index contributed by atoms with van der Waals surface area (Å²) in [6.07, 6.45) is 0.924. The van der Waals surface area contributed by atoms with Gasteiger partial charge in [0.2, 0.25) is 5.91 Å². The third-order valence-electron chi connectivity index (χ3n) is 4.26. The molecule has 2 aliphatic heterocycles. The van der Waals surface area contributed by atoms with E-state index in [1.165, 1.54) is 0 Å². The Morgan fingerprint density at radius 2 is 1.79 bits per heavy atom. The Labute approximate surface area is 139 Å². The van der Waals surface area contributed by atoms with Crippen LogP contribution in [0.25, 0.3) is 0 Å². The van der Waals surface area contributed by atoms with Gasteiger partial charge in [0.15, 0.2) is 9.84 Å². The molecule has 3 amide bonds. The topological polar surface area (TPSA) is 101 Å². The molecule has 2 aliphatic rings. The van der Waals surface area contributed by atoms with Gasteiger partial charge in [0, 0.05) is 19.0 Å². The summed E-state index contributed by atoms with van der Waals surface area (Å²) in [5.74, 6) is -0.839. The van der Waals surface area contributed by atoms with Crippen LogP contribution in [0.4, 0.5) is 0 Å². The maximum absolute atomic E-state index is 12.2. The molecule has 8 heteroatoms. The van der Waals surface area contributed by atoms with Crippen molar-refractivity contribution in [1.29, 1.82) is 0 Å². The fraction of sp³-hybridized carbons (Fsp3) is 0.438. The molecule has 1 aromatic carbocycles. The highest BCUT2D eigenvalue weighted by Gasteiger charge is 2.34. The Kier molecular flexibility index (Phi) is 4.40. The zero-order valence-electron chi connectivity index (χ0n) is 13.0. The van der Waals surface area contributed by atoms with Crippen molar-refractivity contribution in [3.05, 3.63) is 35.4 Å². The second-order valence-electron chi connectivity index (χ2n) is 6.08. The lowest BCUT2D eigenvalue weighted by atomic mass is 10.1. The van der Waals surface area contributed by atoms with Gasteiger partial charge in [0.25, 0.3) is 11.8 Å². The highest BCUT2D eigenvalue weighted by Crippen LogP contribution is 2.22. The molecule has 0 saturated carbocycles. The molecule has 0 aliphatic carbocycles. The zero-order chi connectivity index (χ0) is 17.3. The molecule has 0 radical (unpaired) electrons. The number of hydrogen-bond acceptors (Lipinski definition) is 5. The molecule has 1 saturated heterocycles. The SMILES string of the molecule is O=C(CCCN1C(=O)c2ccccc2C1=O)NC1CCS(=O)(=O)C1. The van der Waals surface area contributed by atoms with E-state index in [0.29, 0.717) is 24.0 Å². The number of rotatable bonds is 5. The Morgan fingerprint density at radius 3 is 2.33 bits per heavy atom. The van der Waals surface area contributed by atoms with Gasteiger partial charge in [0.05, 0.1) is 22.6 Å². The van der Waals surface area contributed by atoms with Crippen molar-refractivity contribution in [3.8, 4) is 0 Å². The van der Waals surface area contributed by atoms with E-state index in [9.17, 15) is 22.8 Å². The molecule has 2 heterocycles. The lowest BCUT2D eigenvalue weighted by Crippen LogP contribution is -2.36. The molecule has 1 atom stereocenters. The van der Waals surface area contributed by atoms with E-state index >= 15 is 0 Å². The first-order valence-corrected chi connectivity index (χ1v) is 9.64. The number of fused-ring (bicyclic) bond motifs is 1. The van der Waals surface area contributed by atoms with Gasteiger partial charge in [-0.2, -0.15) is 0 Å². The molecule has 1 unspecified atom stereocenters. The number of carbonyl (C=O) groups is 3. The standard InChI is InChI=1S/C16H18N2O5S/c19-14(17-11-7-9-24(22,23)10-11)6-3-8-18-15(20)12-4-1-2-5-13(12)16(18)21/h1-2,4-5,11H,3,6-10H2,(H,17,19). The minimum absolute atomic E-state index is 0.0167. The van der Waals surface area contributed by atoms with Gasteiger partial charge in [-0.3, -0.25) is 19.3 Å². The highest BCUT2D eigenvalue weighted by atomic mass is 32.2. The summed E-state index contributed by atoms with van der Waals surface area (Å²) in [6, 6.07) is 6.31. The van der Waals surface area contributed by atoms with Crippen molar-refractivity contribution in [1.82, 2.24) is 10.2 Å². The summed E-state index contributed by atoms with van der Waals surface area (Å²) < 4.78 is 22.7. The molecule has 0 aromatic heterocycles. The summed E-state index contributed by atoms with van der Waals surface area (Å²) in [7, 11) is -3.03. The van der Waals surface area contributed by atoms with Gasteiger partial charge in [-0.25, -0.2) is 8.42 Å². The van der Waals surface area contributed by atoms with Gasteiger partial charge in [-0.15, -0.1) is 0 Å². The van der Waals surface area contributed by atoms with Gasteiger partial charge >= 0.3 is 0 Å². The minimum atomic E-state index is -3.03. The van der Waals surface area contributed by atoms with Crippen molar-refractivity contribution in [2.24, 2.45) is 0 Å². The van der Waals surface area contributed by atoms with Crippen LogP contribution in [0.15, 0.2) is 24.3 Å². The Hall–Kier alpha value is -2.22. The van der Waals surface area contributed by atoms with Crippen molar-refractivity contribution < 1.29 is 22.8 Å². The van der Waals surface area contributed by atoms with Crippen molar-refractivity contribution in [2.75, 3.05) is 18.1 Å². The van der Waals surface area contributed by atoms with E-state index < -0.39 is 9.84 Å². The normalized spacial score (nSPS) is 21.8. The van der Waals surface area contributed by atoms with E-state index in [1.807, 2.05) is 0 Å². The molecule has 0 spiro atoms. The molecule has 0 bridgehead atoms. The molecule has 24 heavy (non-hydrogen) atoms. The first-order chi connectivity index (χ1) is 11.4. The van der Waals surface area contributed by atoms with Crippen LogP contribution in [-0.2, 0) is 14.6 Å². The summed E-state index contributed by atoms with van der Waals surface area (Å²) >= 11 is 0. The number of sulfone groups is 1. The van der Waals surface area contributed by atoms with Gasteiger partial charge in [-0.1, -0.05) is 12.1 Å². The largest absolute Gasteiger partial charge is 0.352 e. The van der Waals surface area contributed by atoms with E-state index in [1.54, 1.807) is 24.3 Å². The van der Waals surface area contributed by atoms with Crippen LogP contribution in [0.5, 0.6) is 0 Å². The van der Waals surface area contributed by atoms with Crippen LogP contribution in [0.3, 0.4) is 0 Å². The smallest absolute Gasteiger partial charge is 0.261 e. The van der Waals surface area contributed by atoms with E-state index in [4.69, 9.17) is 0 Å². The molecule has 1 aromatic rings. The highest BCUT2D eigenvalue weighted by molar-refractivity contribution is 7.91. The lowest BCUT2D eigenvalue weighted by molar-refractivity contribution is -0.121. The minimum Gasteiger partial charge on any atom is -0.352 e. The quantitative estimate of drug-likeness (QED) is 0.773. The van der Waals surface area contributed by atoms with Crippen molar-refractivity contribution in [2.45, 2.75) is 25.3 Å². The van der Waals surface area contributed by atoms with E-state index in [0.717, 1.165) is 4.90 Å². The lowest BCUT2D eigenvalue weighted by Gasteiger charge is -2.14. The molecular formula is C16H18N2O5S. The van der Waals surface area contributed by atoms with Crippen LogP contribution in [0.2, 0.25) is 0 Å². The van der Waals surface area contributed by atoms with Crippen molar-refractivity contribution >= 4 is 27.6 Å². The zero-order valence-corrected chi connectivity index (χ0v) is 13.8. The fourth-order valence-electron chi connectivity index (χ4n) is 3.05. The fourth-order valence-corrected chi connectivity index (χ4v) is 4.72. The average molecular weight is 350 g/mol. The first kappa shape index (κ1) is 16.6. The van der Waals surface area contributed by atoms with Crippen molar-refractivity contribution in [3.63, 3.8) is 0 Å². The monoisotopic (exact) mass is 350 g/mol. The van der Waals surface area contributed by atoms with Gasteiger partial charge < -0.3 is 5.32 Å². The van der Waals surface area contributed by atoms with Crippen LogP contribution in [-0.4, -0.2) is 55.1 Å². The van der Waals surface area contributed by atoms with E-state index in [-0.39, 0.29) is 48.2 Å². The Balaban J connectivity index is 1.48. The molecular weight excluding hydrogens is 332 g/mol. The number of nitrogens with zero attached hydrogens (tertiary/aromatic N) is 1. The maximum atomic E-state index is 12.2. The number of amides is 3. The summed E-state index contributed by atoms with van der Waals surface area (Å²) in [4.78, 5) is 37.4. The van der Waals surface area contributed by atoms with Crippen LogP contribution < -0.4 is 5.32 Å². The summed E-state index contributed by atoms with van der Waals surface area (Å²) in [6.45, 7) is 0.169. The Bertz CT molecular complexity index is 767. The van der Waals surface area contributed by atoms with Crippen LogP contribution in [0.1, 0.15) is 40.0 Å². The molecule has 1 N–H and O–H groups in total. The third kappa shape index (κ3) is 3.33. The van der Waals surface area contributed by atoms with Crippen LogP contribution >= 0.6 is 0 Å². The number of hydrogen-bond donors (Lipinski definition) is 1. The van der Waals surface area contributed by atoms with Gasteiger partial charge in [-0.05, 0) is 25.0 Å².